The molecule has 0 aliphatic rings. The van der Waals surface area contributed by atoms with Crippen LogP contribution in [0.2, 0.25) is 0 Å². The molecule has 0 bridgehead atoms. The molecule has 0 fully saturated rings. The molecule has 0 spiro atoms. The molecular formula is C7H11N3O4S. The van der Waals surface area contributed by atoms with E-state index in [4.69, 9.17) is 5.11 Å². The number of hydrogen-bond donors (Lipinski definition) is 2. The Morgan fingerprint density at radius 1 is 1.67 bits per heavy atom. The van der Waals surface area contributed by atoms with Gasteiger partial charge in [-0.05, 0) is 6.92 Å². The number of nitrogens with zero attached hydrogens (tertiary/aromatic N) is 2. The largest absolute Gasteiger partial charge is 0.480 e. The minimum absolute atomic E-state index is 0.0243. The van der Waals surface area contributed by atoms with E-state index in [2.05, 4.69) is 5.10 Å². The summed E-state index contributed by atoms with van der Waals surface area (Å²) in [5.74, 6) is -1.24. The van der Waals surface area contributed by atoms with Gasteiger partial charge in [-0.1, -0.05) is 0 Å². The van der Waals surface area contributed by atoms with E-state index in [0.717, 1.165) is 0 Å². The van der Waals surface area contributed by atoms with Gasteiger partial charge >= 0.3 is 5.97 Å². The minimum Gasteiger partial charge on any atom is -0.480 e. The summed E-state index contributed by atoms with van der Waals surface area (Å²) in [5, 5.41) is 12.1. The van der Waals surface area contributed by atoms with Crippen LogP contribution in [0.1, 0.15) is 5.56 Å². The van der Waals surface area contributed by atoms with Crippen LogP contribution in [-0.2, 0) is 21.9 Å². The minimum atomic E-state index is -3.80. The summed E-state index contributed by atoms with van der Waals surface area (Å²) < 4.78 is 26.3. The molecule has 0 atom stereocenters. The first-order valence-corrected chi connectivity index (χ1v) is 5.53. The molecule has 84 valence electrons. The number of nitrogens with one attached hydrogen (secondary N) is 1. The standard InChI is InChI=1S/C7H11N3O4S/c1-5-3-8-10(2)7(5)15(13,14)9-4-6(11)12/h3,9H,4H2,1-2H3,(H,11,12). The lowest BCUT2D eigenvalue weighted by Crippen LogP contribution is -2.31. The molecule has 0 saturated carbocycles. The van der Waals surface area contributed by atoms with Crippen molar-refractivity contribution in [3.05, 3.63) is 11.8 Å². The van der Waals surface area contributed by atoms with Crippen molar-refractivity contribution < 1.29 is 18.3 Å². The maximum Gasteiger partial charge on any atom is 0.318 e. The molecule has 0 aliphatic carbocycles. The van der Waals surface area contributed by atoms with Crippen molar-refractivity contribution in [1.82, 2.24) is 14.5 Å². The van der Waals surface area contributed by atoms with Crippen LogP contribution in [0.4, 0.5) is 0 Å². The lowest BCUT2D eigenvalue weighted by molar-refractivity contribution is -0.135. The highest BCUT2D eigenvalue weighted by molar-refractivity contribution is 7.89. The first-order valence-electron chi connectivity index (χ1n) is 4.04. The number of hydrogen-bond acceptors (Lipinski definition) is 4. The number of carboxylic acid groups (broad SMARTS) is 1. The van der Waals surface area contributed by atoms with Crippen molar-refractivity contribution >= 4 is 16.0 Å². The van der Waals surface area contributed by atoms with E-state index in [0.29, 0.717) is 5.56 Å². The first kappa shape index (κ1) is 11.7. The van der Waals surface area contributed by atoms with Crippen molar-refractivity contribution in [2.24, 2.45) is 7.05 Å². The second kappa shape index (κ2) is 3.99. The fourth-order valence-electron chi connectivity index (χ4n) is 1.15. The summed E-state index contributed by atoms with van der Waals surface area (Å²) >= 11 is 0. The second-order valence-corrected chi connectivity index (χ2v) is 4.66. The van der Waals surface area contributed by atoms with Crippen LogP contribution in [0.3, 0.4) is 0 Å². The zero-order valence-corrected chi connectivity index (χ0v) is 9.08. The van der Waals surface area contributed by atoms with Crippen LogP contribution >= 0.6 is 0 Å². The van der Waals surface area contributed by atoms with Crippen molar-refractivity contribution in [2.75, 3.05) is 6.54 Å². The van der Waals surface area contributed by atoms with Gasteiger partial charge in [-0.2, -0.15) is 9.82 Å². The van der Waals surface area contributed by atoms with Gasteiger partial charge in [-0.15, -0.1) is 0 Å². The summed E-state index contributed by atoms with van der Waals surface area (Å²) in [6.07, 6.45) is 1.40. The van der Waals surface area contributed by atoms with E-state index in [-0.39, 0.29) is 5.03 Å². The third-order valence-corrected chi connectivity index (χ3v) is 3.34. The van der Waals surface area contributed by atoms with Gasteiger partial charge in [-0.3, -0.25) is 9.48 Å². The molecule has 0 saturated heterocycles. The first-order chi connectivity index (χ1) is 6.84. The Bertz CT molecular complexity index is 457. The van der Waals surface area contributed by atoms with E-state index >= 15 is 0 Å². The van der Waals surface area contributed by atoms with Gasteiger partial charge in [0.25, 0.3) is 10.0 Å². The van der Waals surface area contributed by atoms with Crippen LogP contribution in [0, 0.1) is 6.92 Å². The van der Waals surface area contributed by atoms with Gasteiger partial charge in [0.2, 0.25) is 0 Å². The van der Waals surface area contributed by atoms with Gasteiger partial charge < -0.3 is 5.11 Å². The average Bonchev–Trinajstić information content (AvgIpc) is 2.43. The molecular weight excluding hydrogens is 222 g/mol. The second-order valence-electron chi connectivity index (χ2n) is 2.97. The smallest absolute Gasteiger partial charge is 0.318 e. The lowest BCUT2D eigenvalue weighted by atomic mass is 10.4. The van der Waals surface area contributed by atoms with Crippen molar-refractivity contribution in [2.45, 2.75) is 11.9 Å². The Kier molecular flexibility index (Phi) is 3.10. The molecule has 2 N–H and O–H groups in total. The highest BCUT2D eigenvalue weighted by Gasteiger charge is 2.21. The number of aryl methyl sites for hydroxylation is 2. The summed E-state index contributed by atoms with van der Waals surface area (Å²) in [5.41, 5.74) is 0.468. The maximum atomic E-state index is 11.6. The molecule has 0 radical (unpaired) electrons. The van der Waals surface area contributed by atoms with E-state index in [9.17, 15) is 13.2 Å². The molecule has 15 heavy (non-hydrogen) atoms. The van der Waals surface area contributed by atoms with Gasteiger partial charge in [-0.25, -0.2) is 8.42 Å². The molecule has 1 heterocycles. The van der Waals surface area contributed by atoms with Gasteiger partial charge in [0.15, 0.2) is 5.03 Å². The summed E-state index contributed by atoms with van der Waals surface area (Å²) in [6, 6.07) is 0. The highest BCUT2D eigenvalue weighted by Crippen LogP contribution is 2.12. The number of carboxylic acids is 1. The molecule has 1 aromatic rings. The van der Waals surface area contributed by atoms with Crippen molar-refractivity contribution in [1.29, 1.82) is 0 Å². The fourth-order valence-corrected chi connectivity index (χ4v) is 2.47. The Labute approximate surface area is 86.8 Å². The predicted octanol–water partition coefficient (Wildman–Crippen LogP) is -0.909. The van der Waals surface area contributed by atoms with Crippen LogP contribution in [-0.4, -0.2) is 35.8 Å². The number of aromatic nitrogens is 2. The molecule has 7 nitrogen and oxygen atoms in total. The number of rotatable bonds is 4. The van der Waals surface area contributed by atoms with Crippen LogP contribution < -0.4 is 4.72 Å². The van der Waals surface area contributed by atoms with Crippen LogP contribution in [0.25, 0.3) is 0 Å². The van der Waals surface area contributed by atoms with Crippen molar-refractivity contribution in [3.63, 3.8) is 0 Å². The molecule has 1 aromatic heterocycles. The number of carbonyl (C=O) groups is 1. The third kappa shape index (κ3) is 2.54. The molecule has 0 unspecified atom stereocenters. The summed E-state index contributed by atoms with van der Waals surface area (Å²) in [6.45, 7) is 0.940. The van der Waals surface area contributed by atoms with E-state index in [1.807, 2.05) is 4.72 Å². The average molecular weight is 233 g/mol. The fraction of sp³-hybridized carbons (Fsp3) is 0.429. The summed E-state index contributed by atoms with van der Waals surface area (Å²) in [7, 11) is -2.33. The Hall–Kier alpha value is -1.41. The molecule has 8 heteroatoms. The van der Waals surface area contributed by atoms with E-state index in [1.54, 1.807) is 6.92 Å². The lowest BCUT2D eigenvalue weighted by Gasteiger charge is -2.05. The maximum absolute atomic E-state index is 11.6. The van der Waals surface area contributed by atoms with E-state index in [1.165, 1.54) is 17.9 Å². The van der Waals surface area contributed by atoms with Crippen LogP contribution in [0.5, 0.6) is 0 Å². The zero-order valence-electron chi connectivity index (χ0n) is 8.26. The quantitative estimate of drug-likeness (QED) is 0.701. The Balaban J connectivity index is 3.01. The van der Waals surface area contributed by atoms with Crippen LogP contribution in [0.15, 0.2) is 11.2 Å². The number of sulfonamides is 1. The molecule has 0 amide bonds. The molecule has 0 aliphatic heterocycles. The van der Waals surface area contributed by atoms with E-state index < -0.39 is 22.5 Å². The monoisotopic (exact) mass is 233 g/mol. The topological polar surface area (TPSA) is 101 Å². The summed E-state index contributed by atoms with van der Waals surface area (Å²) in [4.78, 5) is 10.2. The highest BCUT2D eigenvalue weighted by atomic mass is 32.2. The van der Waals surface area contributed by atoms with Gasteiger partial charge in [0.1, 0.15) is 6.54 Å². The van der Waals surface area contributed by atoms with Gasteiger partial charge in [0, 0.05) is 12.6 Å². The van der Waals surface area contributed by atoms with Crippen molar-refractivity contribution in [3.8, 4) is 0 Å². The number of aliphatic carboxylic acids is 1. The predicted molar refractivity (Wildman–Crippen MR) is 50.8 cm³/mol. The van der Waals surface area contributed by atoms with Gasteiger partial charge in [0.05, 0.1) is 6.20 Å². The third-order valence-electron chi connectivity index (χ3n) is 1.72. The molecule has 0 aromatic carbocycles. The zero-order chi connectivity index (χ0) is 11.6. The Morgan fingerprint density at radius 3 is 2.67 bits per heavy atom. The normalized spacial score (nSPS) is 11.6. The SMILES string of the molecule is Cc1cnn(C)c1S(=O)(=O)NCC(=O)O. The molecule has 1 rings (SSSR count). The Morgan fingerprint density at radius 2 is 2.27 bits per heavy atom.